The van der Waals surface area contributed by atoms with Crippen molar-refractivity contribution in [3.8, 4) is 11.5 Å². The maximum Gasteiger partial charge on any atom is 0.231 e. The lowest BCUT2D eigenvalue weighted by atomic mass is 10.0. The highest BCUT2D eigenvalue weighted by atomic mass is 16.7. The molecule has 88 valence electrons. The normalized spacial score (nSPS) is 15.2. The van der Waals surface area contributed by atoms with Gasteiger partial charge in [0.2, 0.25) is 6.79 Å². The van der Waals surface area contributed by atoms with Crippen molar-refractivity contribution in [1.82, 2.24) is 0 Å². The average molecular weight is 223 g/mol. The van der Waals surface area contributed by atoms with Crippen LogP contribution < -0.4 is 15.2 Å². The maximum atomic E-state index is 5.79. The van der Waals surface area contributed by atoms with Crippen molar-refractivity contribution >= 4 is 0 Å². The predicted octanol–water partition coefficient (Wildman–Crippen LogP) is 1.45. The highest BCUT2D eigenvalue weighted by Gasteiger charge is 2.21. The molecule has 0 spiro atoms. The van der Waals surface area contributed by atoms with Crippen molar-refractivity contribution in [2.24, 2.45) is 5.73 Å². The summed E-state index contributed by atoms with van der Waals surface area (Å²) in [5.74, 6) is 1.63. The van der Waals surface area contributed by atoms with Crippen LogP contribution in [-0.2, 0) is 17.8 Å². The van der Waals surface area contributed by atoms with Crippen LogP contribution in [-0.4, -0.2) is 19.9 Å². The average Bonchev–Trinajstić information content (AvgIpc) is 2.70. The molecule has 1 aromatic carbocycles. The molecule has 1 heterocycles. The Balaban J connectivity index is 2.33. The van der Waals surface area contributed by atoms with E-state index in [-0.39, 0.29) is 12.8 Å². The van der Waals surface area contributed by atoms with Crippen LogP contribution >= 0.6 is 0 Å². The Labute approximate surface area is 95.3 Å². The molecule has 2 N–H and O–H groups in total. The van der Waals surface area contributed by atoms with Crippen molar-refractivity contribution < 1.29 is 14.2 Å². The van der Waals surface area contributed by atoms with Gasteiger partial charge in [0.05, 0.1) is 6.61 Å². The molecule has 16 heavy (non-hydrogen) atoms. The number of methoxy groups -OCH3 is 1. The Morgan fingerprint density at radius 3 is 2.56 bits per heavy atom. The summed E-state index contributed by atoms with van der Waals surface area (Å²) in [6.07, 6.45) is 0.791. The molecular weight excluding hydrogens is 206 g/mol. The number of hydrogen-bond acceptors (Lipinski definition) is 4. The molecule has 1 atom stereocenters. The zero-order chi connectivity index (χ0) is 11.5. The first-order valence-electron chi connectivity index (χ1n) is 5.37. The number of benzene rings is 1. The van der Waals surface area contributed by atoms with E-state index in [4.69, 9.17) is 19.9 Å². The summed E-state index contributed by atoms with van der Waals surface area (Å²) in [7, 11) is 1.66. The van der Waals surface area contributed by atoms with Crippen LogP contribution in [0.15, 0.2) is 12.1 Å². The molecule has 1 aliphatic rings. The van der Waals surface area contributed by atoms with Crippen LogP contribution in [0.3, 0.4) is 0 Å². The fourth-order valence-electron chi connectivity index (χ4n) is 1.88. The molecule has 0 aromatic heterocycles. The largest absolute Gasteiger partial charge is 0.453 e. The minimum atomic E-state index is 0.113. The van der Waals surface area contributed by atoms with Gasteiger partial charge in [-0.25, -0.2) is 0 Å². The van der Waals surface area contributed by atoms with E-state index in [0.29, 0.717) is 6.61 Å². The molecule has 4 heteroatoms. The van der Waals surface area contributed by atoms with Crippen molar-refractivity contribution in [3.05, 3.63) is 23.3 Å². The standard InChI is InChI=1S/C12H17NO3/c1-8(13)5-9-3-4-10(6-14-2)12-11(9)15-7-16-12/h3-4,8H,5-7,13H2,1-2H3. The Morgan fingerprint density at radius 2 is 1.94 bits per heavy atom. The van der Waals surface area contributed by atoms with Gasteiger partial charge in [-0.15, -0.1) is 0 Å². The summed E-state index contributed by atoms with van der Waals surface area (Å²) >= 11 is 0. The van der Waals surface area contributed by atoms with Crippen LogP contribution in [0.4, 0.5) is 0 Å². The van der Waals surface area contributed by atoms with Crippen LogP contribution in [0.25, 0.3) is 0 Å². The predicted molar refractivity (Wildman–Crippen MR) is 60.6 cm³/mol. The number of hydrogen-bond donors (Lipinski definition) is 1. The second kappa shape index (κ2) is 4.72. The Morgan fingerprint density at radius 1 is 1.31 bits per heavy atom. The van der Waals surface area contributed by atoms with Crippen molar-refractivity contribution in [3.63, 3.8) is 0 Å². The topological polar surface area (TPSA) is 53.7 Å². The van der Waals surface area contributed by atoms with E-state index in [0.717, 1.165) is 29.0 Å². The van der Waals surface area contributed by atoms with Gasteiger partial charge in [0, 0.05) is 18.7 Å². The zero-order valence-electron chi connectivity index (χ0n) is 9.66. The number of rotatable bonds is 4. The fraction of sp³-hybridized carbons (Fsp3) is 0.500. The van der Waals surface area contributed by atoms with E-state index in [2.05, 4.69) is 0 Å². The lowest BCUT2D eigenvalue weighted by molar-refractivity contribution is 0.162. The molecule has 1 aliphatic heterocycles. The molecule has 0 bridgehead atoms. The van der Waals surface area contributed by atoms with Crippen molar-refractivity contribution in [2.75, 3.05) is 13.9 Å². The second-order valence-electron chi connectivity index (χ2n) is 4.06. The van der Waals surface area contributed by atoms with E-state index in [1.165, 1.54) is 0 Å². The molecule has 1 unspecified atom stereocenters. The monoisotopic (exact) mass is 223 g/mol. The molecule has 1 aromatic rings. The van der Waals surface area contributed by atoms with Crippen LogP contribution in [0, 0.1) is 0 Å². The van der Waals surface area contributed by atoms with Gasteiger partial charge < -0.3 is 19.9 Å². The van der Waals surface area contributed by atoms with Gasteiger partial charge in [0.15, 0.2) is 11.5 Å². The summed E-state index contributed by atoms with van der Waals surface area (Å²) in [5, 5.41) is 0. The summed E-state index contributed by atoms with van der Waals surface area (Å²) in [5.41, 5.74) is 7.91. The van der Waals surface area contributed by atoms with E-state index in [9.17, 15) is 0 Å². The summed E-state index contributed by atoms with van der Waals surface area (Å²) in [4.78, 5) is 0. The first kappa shape index (κ1) is 11.2. The number of nitrogens with two attached hydrogens (primary N) is 1. The van der Waals surface area contributed by atoms with Gasteiger partial charge in [-0.2, -0.15) is 0 Å². The van der Waals surface area contributed by atoms with E-state index >= 15 is 0 Å². The van der Waals surface area contributed by atoms with Crippen LogP contribution in [0.2, 0.25) is 0 Å². The molecule has 0 fully saturated rings. The Kier molecular flexibility index (Phi) is 3.31. The molecule has 4 nitrogen and oxygen atoms in total. The maximum absolute atomic E-state index is 5.79. The molecule has 0 saturated heterocycles. The molecule has 0 radical (unpaired) electrons. The first-order valence-corrected chi connectivity index (χ1v) is 5.37. The third-order valence-electron chi connectivity index (χ3n) is 2.52. The first-order chi connectivity index (χ1) is 7.72. The SMILES string of the molecule is COCc1ccc(CC(C)N)c2c1OCO2. The highest BCUT2D eigenvalue weighted by Crippen LogP contribution is 2.39. The third kappa shape index (κ3) is 2.13. The van der Waals surface area contributed by atoms with Crippen molar-refractivity contribution in [2.45, 2.75) is 26.0 Å². The van der Waals surface area contributed by atoms with Gasteiger partial charge in [0.25, 0.3) is 0 Å². The number of ether oxygens (including phenoxy) is 3. The van der Waals surface area contributed by atoms with Crippen molar-refractivity contribution in [1.29, 1.82) is 0 Å². The molecule has 2 rings (SSSR count). The third-order valence-corrected chi connectivity index (χ3v) is 2.52. The van der Waals surface area contributed by atoms with E-state index < -0.39 is 0 Å². The Bertz CT molecular complexity index is 377. The highest BCUT2D eigenvalue weighted by molar-refractivity contribution is 5.53. The fourth-order valence-corrected chi connectivity index (χ4v) is 1.88. The molecule has 0 saturated carbocycles. The second-order valence-corrected chi connectivity index (χ2v) is 4.06. The molecular formula is C12H17NO3. The van der Waals surface area contributed by atoms with Crippen LogP contribution in [0.1, 0.15) is 18.1 Å². The summed E-state index contributed by atoms with van der Waals surface area (Å²) in [6, 6.07) is 4.15. The van der Waals surface area contributed by atoms with Gasteiger partial charge in [-0.3, -0.25) is 0 Å². The van der Waals surface area contributed by atoms with Gasteiger partial charge in [0.1, 0.15) is 0 Å². The minimum Gasteiger partial charge on any atom is -0.453 e. The van der Waals surface area contributed by atoms with Gasteiger partial charge in [-0.1, -0.05) is 12.1 Å². The lowest BCUT2D eigenvalue weighted by Gasteiger charge is -2.11. The van der Waals surface area contributed by atoms with E-state index in [1.807, 2.05) is 19.1 Å². The smallest absolute Gasteiger partial charge is 0.231 e. The quantitative estimate of drug-likeness (QED) is 0.839. The lowest BCUT2D eigenvalue weighted by Crippen LogP contribution is -2.18. The van der Waals surface area contributed by atoms with E-state index in [1.54, 1.807) is 7.11 Å². The van der Waals surface area contributed by atoms with Gasteiger partial charge in [-0.05, 0) is 18.9 Å². The summed E-state index contributed by atoms with van der Waals surface area (Å²) < 4.78 is 16.1. The van der Waals surface area contributed by atoms with Gasteiger partial charge >= 0.3 is 0 Å². The summed E-state index contributed by atoms with van der Waals surface area (Å²) in [6.45, 7) is 2.79. The molecule has 0 aliphatic carbocycles. The Hall–Kier alpha value is -1.26. The zero-order valence-corrected chi connectivity index (χ0v) is 9.66. The molecule has 0 amide bonds. The minimum absolute atomic E-state index is 0.113. The number of fused-ring (bicyclic) bond motifs is 1. The van der Waals surface area contributed by atoms with Crippen LogP contribution in [0.5, 0.6) is 11.5 Å².